The normalized spacial score (nSPS) is 17.6. The fraction of sp³-hybridized carbons (Fsp3) is 0.304. The molecule has 0 aromatic heterocycles. The Morgan fingerprint density at radius 2 is 1.87 bits per heavy atom. The highest BCUT2D eigenvalue weighted by Gasteiger charge is 2.33. The molecule has 2 aromatic carbocycles. The zero-order valence-corrected chi connectivity index (χ0v) is 16.9. The first-order chi connectivity index (χ1) is 14.6. The standard InChI is InChI=1S/C23H22F4N2O2/c1-13-5-4-7-18(23(25,26)27)17(13)12-29-20-8-3-2-6-16(20)21(28)15-10-9-14(22(30)31)11-19(15)24/h4-5,7,9-11H,2-3,6,8,12,28H2,1H3,(H,30,31). The molecule has 164 valence electrons. The van der Waals surface area contributed by atoms with Gasteiger partial charge in [-0.05, 0) is 73.6 Å². The number of carbonyl (C=O) groups is 1. The van der Waals surface area contributed by atoms with Gasteiger partial charge in [-0.2, -0.15) is 13.2 Å². The molecule has 0 amide bonds. The third kappa shape index (κ3) is 4.95. The Morgan fingerprint density at radius 3 is 2.52 bits per heavy atom. The minimum atomic E-state index is -4.49. The molecule has 1 saturated carbocycles. The van der Waals surface area contributed by atoms with Crippen LogP contribution in [0.4, 0.5) is 17.6 Å². The molecular formula is C23H22F4N2O2. The Hall–Kier alpha value is -3.16. The summed E-state index contributed by atoms with van der Waals surface area (Å²) in [4.78, 5) is 15.5. The minimum Gasteiger partial charge on any atom is -0.478 e. The van der Waals surface area contributed by atoms with Gasteiger partial charge in [0.1, 0.15) is 5.82 Å². The Morgan fingerprint density at radius 1 is 1.16 bits per heavy atom. The predicted octanol–water partition coefficient (Wildman–Crippen LogP) is 5.74. The minimum absolute atomic E-state index is 0.0569. The molecular weight excluding hydrogens is 412 g/mol. The first-order valence-corrected chi connectivity index (χ1v) is 9.80. The second kappa shape index (κ2) is 8.91. The van der Waals surface area contributed by atoms with Crippen LogP contribution in [0.5, 0.6) is 0 Å². The molecule has 0 saturated heterocycles. The Bertz CT molecular complexity index is 1070. The summed E-state index contributed by atoms with van der Waals surface area (Å²) in [5, 5.41) is 9.00. The molecule has 3 N–H and O–H groups in total. The number of allylic oxidation sites excluding steroid dienone is 1. The number of aromatic carboxylic acids is 1. The molecule has 0 unspecified atom stereocenters. The summed E-state index contributed by atoms with van der Waals surface area (Å²) in [5.74, 6) is -2.02. The van der Waals surface area contributed by atoms with Gasteiger partial charge in [-0.15, -0.1) is 0 Å². The van der Waals surface area contributed by atoms with Crippen LogP contribution in [0, 0.1) is 12.7 Å². The zero-order chi connectivity index (χ0) is 22.8. The third-order valence-electron chi connectivity index (χ3n) is 5.41. The third-order valence-corrected chi connectivity index (χ3v) is 5.41. The molecule has 2 aromatic rings. The number of halogens is 4. The van der Waals surface area contributed by atoms with Gasteiger partial charge in [-0.25, -0.2) is 9.18 Å². The van der Waals surface area contributed by atoms with Crippen molar-refractivity contribution >= 4 is 17.4 Å². The van der Waals surface area contributed by atoms with Crippen molar-refractivity contribution in [3.05, 3.63) is 75.6 Å². The Balaban J connectivity index is 2.00. The highest BCUT2D eigenvalue weighted by molar-refractivity contribution is 6.06. The van der Waals surface area contributed by atoms with Crippen LogP contribution in [0.15, 0.2) is 47.0 Å². The van der Waals surface area contributed by atoms with Crippen LogP contribution in [0.1, 0.15) is 58.3 Å². The molecule has 1 fully saturated rings. The summed E-state index contributed by atoms with van der Waals surface area (Å²) in [5.41, 5.74) is 7.23. The summed E-state index contributed by atoms with van der Waals surface area (Å²) >= 11 is 0. The second-order valence-corrected chi connectivity index (χ2v) is 7.46. The number of carboxylic acids is 1. The van der Waals surface area contributed by atoms with Gasteiger partial charge in [0.15, 0.2) is 0 Å². The lowest BCUT2D eigenvalue weighted by atomic mass is 9.89. The number of aliphatic imine (C=N–C) groups is 1. The summed E-state index contributed by atoms with van der Waals surface area (Å²) in [6.45, 7) is 1.45. The van der Waals surface area contributed by atoms with Crippen molar-refractivity contribution in [1.29, 1.82) is 0 Å². The van der Waals surface area contributed by atoms with Crippen LogP contribution < -0.4 is 5.73 Å². The van der Waals surface area contributed by atoms with E-state index in [4.69, 9.17) is 10.8 Å². The van der Waals surface area contributed by atoms with Gasteiger partial charge in [0.05, 0.1) is 17.7 Å². The Labute approximate surface area is 177 Å². The largest absolute Gasteiger partial charge is 0.478 e. The number of benzene rings is 2. The monoisotopic (exact) mass is 434 g/mol. The number of rotatable bonds is 4. The van der Waals surface area contributed by atoms with Crippen LogP contribution >= 0.6 is 0 Å². The van der Waals surface area contributed by atoms with Gasteiger partial charge < -0.3 is 10.8 Å². The van der Waals surface area contributed by atoms with Crippen molar-refractivity contribution in [2.45, 2.75) is 45.3 Å². The second-order valence-electron chi connectivity index (χ2n) is 7.46. The van der Waals surface area contributed by atoms with E-state index < -0.39 is 23.5 Å². The van der Waals surface area contributed by atoms with Crippen molar-refractivity contribution in [2.24, 2.45) is 10.7 Å². The number of carboxylic acid groups (broad SMARTS) is 1. The van der Waals surface area contributed by atoms with Crippen LogP contribution in [0.25, 0.3) is 5.70 Å². The molecule has 0 spiro atoms. The summed E-state index contributed by atoms with van der Waals surface area (Å²) < 4.78 is 54.7. The smallest absolute Gasteiger partial charge is 0.416 e. The molecule has 0 radical (unpaired) electrons. The van der Waals surface area contributed by atoms with Crippen molar-refractivity contribution in [3.8, 4) is 0 Å². The van der Waals surface area contributed by atoms with E-state index in [-0.39, 0.29) is 28.9 Å². The topological polar surface area (TPSA) is 75.7 Å². The van der Waals surface area contributed by atoms with Crippen LogP contribution in [0.3, 0.4) is 0 Å². The average molecular weight is 434 g/mol. The first kappa shape index (κ1) is 22.5. The Kier molecular flexibility index (Phi) is 6.48. The lowest BCUT2D eigenvalue weighted by molar-refractivity contribution is -0.138. The van der Waals surface area contributed by atoms with Crippen LogP contribution in [-0.4, -0.2) is 16.8 Å². The van der Waals surface area contributed by atoms with E-state index in [1.54, 1.807) is 13.0 Å². The van der Waals surface area contributed by atoms with Crippen molar-refractivity contribution < 1.29 is 27.5 Å². The van der Waals surface area contributed by atoms with E-state index >= 15 is 0 Å². The number of alkyl halides is 3. The quantitative estimate of drug-likeness (QED) is 0.603. The fourth-order valence-electron chi connectivity index (χ4n) is 3.74. The summed E-state index contributed by atoms with van der Waals surface area (Å²) in [6, 6.07) is 7.47. The molecule has 0 bridgehead atoms. The maximum atomic E-state index is 14.5. The number of aryl methyl sites for hydroxylation is 1. The van der Waals surface area contributed by atoms with Crippen LogP contribution in [0.2, 0.25) is 0 Å². The van der Waals surface area contributed by atoms with E-state index in [1.165, 1.54) is 18.2 Å². The van der Waals surface area contributed by atoms with Gasteiger partial charge in [-0.1, -0.05) is 12.1 Å². The SMILES string of the molecule is Cc1cccc(C(F)(F)F)c1CN=C1CCCCC1=C(N)c1ccc(C(=O)O)cc1F. The van der Waals surface area contributed by atoms with Crippen LogP contribution in [-0.2, 0) is 12.7 Å². The molecule has 3 rings (SSSR count). The molecule has 4 nitrogen and oxygen atoms in total. The van der Waals surface area contributed by atoms with Gasteiger partial charge in [0.2, 0.25) is 0 Å². The first-order valence-electron chi connectivity index (χ1n) is 9.80. The van der Waals surface area contributed by atoms with E-state index in [0.29, 0.717) is 29.7 Å². The number of nitrogens with two attached hydrogens (primary N) is 1. The summed E-state index contributed by atoms with van der Waals surface area (Å²) in [6.07, 6.45) is -1.85. The molecule has 0 heterocycles. The summed E-state index contributed by atoms with van der Waals surface area (Å²) in [7, 11) is 0. The fourth-order valence-corrected chi connectivity index (χ4v) is 3.74. The lowest BCUT2D eigenvalue weighted by Crippen LogP contribution is -2.17. The van der Waals surface area contributed by atoms with E-state index in [0.717, 1.165) is 25.0 Å². The van der Waals surface area contributed by atoms with Gasteiger partial charge in [-0.3, -0.25) is 4.99 Å². The van der Waals surface area contributed by atoms with E-state index in [9.17, 15) is 22.4 Å². The molecule has 8 heteroatoms. The maximum Gasteiger partial charge on any atom is 0.416 e. The maximum absolute atomic E-state index is 14.5. The zero-order valence-electron chi connectivity index (χ0n) is 16.9. The molecule has 0 aliphatic heterocycles. The number of nitrogens with zero attached hydrogens (tertiary/aromatic N) is 1. The molecule has 31 heavy (non-hydrogen) atoms. The molecule has 0 atom stereocenters. The average Bonchev–Trinajstić information content (AvgIpc) is 2.71. The van der Waals surface area contributed by atoms with Gasteiger partial charge >= 0.3 is 12.1 Å². The van der Waals surface area contributed by atoms with Crippen molar-refractivity contribution in [3.63, 3.8) is 0 Å². The lowest BCUT2D eigenvalue weighted by Gasteiger charge is -2.21. The van der Waals surface area contributed by atoms with E-state index in [2.05, 4.69) is 4.99 Å². The van der Waals surface area contributed by atoms with Gasteiger partial charge in [0.25, 0.3) is 0 Å². The predicted molar refractivity (Wildman–Crippen MR) is 110 cm³/mol. The van der Waals surface area contributed by atoms with Crippen molar-refractivity contribution in [1.82, 2.24) is 0 Å². The number of hydrogen-bond acceptors (Lipinski definition) is 3. The van der Waals surface area contributed by atoms with Gasteiger partial charge in [0, 0.05) is 17.0 Å². The highest BCUT2D eigenvalue weighted by atomic mass is 19.4. The van der Waals surface area contributed by atoms with E-state index in [1.807, 2.05) is 0 Å². The molecule has 1 aliphatic rings. The molecule has 1 aliphatic carbocycles. The number of hydrogen-bond donors (Lipinski definition) is 2. The highest BCUT2D eigenvalue weighted by Crippen LogP contribution is 2.34. The van der Waals surface area contributed by atoms with Crippen molar-refractivity contribution in [2.75, 3.05) is 0 Å².